The molecule has 5 rings (SSSR count). The van der Waals surface area contributed by atoms with E-state index in [1.165, 1.54) is 30.2 Å². The molecule has 2 heterocycles. The van der Waals surface area contributed by atoms with E-state index < -0.39 is 36.0 Å². The van der Waals surface area contributed by atoms with Gasteiger partial charge in [0, 0.05) is 43.5 Å². The molecule has 0 bridgehead atoms. The Hall–Kier alpha value is -4.48. The minimum atomic E-state index is -4.66. The zero-order valence-corrected chi connectivity index (χ0v) is 23.1. The van der Waals surface area contributed by atoms with Gasteiger partial charge >= 0.3 is 12.1 Å². The Morgan fingerprint density at radius 2 is 1.74 bits per heavy atom. The first-order valence-corrected chi connectivity index (χ1v) is 13.5. The normalized spacial score (nSPS) is 17.0. The van der Waals surface area contributed by atoms with Crippen molar-refractivity contribution >= 4 is 29.0 Å². The molecule has 2 aliphatic heterocycles. The van der Waals surface area contributed by atoms with Crippen LogP contribution in [-0.2, 0) is 11.0 Å². The number of anilines is 2. The third-order valence-corrected chi connectivity index (χ3v) is 7.31. The molecule has 3 aromatic carbocycles. The summed E-state index contributed by atoms with van der Waals surface area (Å²) in [7, 11) is 1.32. The molecule has 1 atom stereocenters. The van der Waals surface area contributed by atoms with Gasteiger partial charge in [-0.15, -0.1) is 0 Å². The van der Waals surface area contributed by atoms with E-state index in [0.29, 0.717) is 32.8 Å². The summed E-state index contributed by atoms with van der Waals surface area (Å²) in [6, 6.07) is 13.8. The lowest BCUT2D eigenvalue weighted by Crippen LogP contribution is -2.55. The number of piperazine rings is 1. The number of benzene rings is 3. The van der Waals surface area contributed by atoms with E-state index in [1.54, 1.807) is 6.07 Å². The van der Waals surface area contributed by atoms with Crippen LogP contribution in [0.25, 0.3) is 0 Å². The summed E-state index contributed by atoms with van der Waals surface area (Å²) >= 11 is 0. The van der Waals surface area contributed by atoms with E-state index in [0.717, 1.165) is 23.6 Å². The number of carboxylic acid groups (broad SMARTS) is 1. The molecule has 1 unspecified atom stereocenters. The fraction of sp³-hybridized carbons (Fsp3) is 0.333. The second-order valence-corrected chi connectivity index (χ2v) is 9.86. The maximum Gasteiger partial charge on any atom is 0.416 e. The highest BCUT2D eigenvalue weighted by Crippen LogP contribution is 2.46. The van der Waals surface area contributed by atoms with Gasteiger partial charge < -0.3 is 29.3 Å². The van der Waals surface area contributed by atoms with E-state index in [9.17, 15) is 23.1 Å². The molecule has 1 saturated heterocycles. The molecule has 8 nitrogen and oxygen atoms in total. The van der Waals surface area contributed by atoms with Gasteiger partial charge in [-0.2, -0.15) is 13.2 Å². The first kappa shape index (κ1) is 29.0. The van der Waals surface area contributed by atoms with Crippen molar-refractivity contribution in [2.24, 2.45) is 4.99 Å². The molecule has 12 heteroatoms. The van der Waals surface area contributed by atoms with Gasteiger partial charge in [-0.25, -0.2) is 9.38 Å². The molecular formula is C30H30F4N4O4. The van der Waals surface area contributed by atoms with Gasteiger partial charge in [-0.1, -0.05) is 18.2 Å². The van der Waals surface area contributed by atoms with E-state index in [2.05, 4.69) is 9.89 Å². The molecule has 1 fully saturated rings. The number of methoxy groups -OCH3 is 1. The Bertz CT molecular complexity index is 1490. The number of carbonyl (C=O) groups is 1. The van der Waals surface area contributed by atoms with Crippen LogP contribution in [0.15, 0.2) is 65.7 Å². The Morgan fingerprint density at radius 1 is 1.02 bits per heavy atom. The van der Waals surface area contributed by atoms with Crippen molar-refractivity contribution in [1.29, 1.82) is 0 Å². The lowest BCUT2D eigenvalue weighted by molar-refractivity contribution is -0.138. The Kier molecular flexibility index (Phi) is 8.15. The zero-order chi connectivity index (χ0) is 30.0. The van der Waals surface area contributed by atoms with Crippen molar-refractivity contribution < 1.29 is 36.9 Å². The van der Waals surface area contributed by atoms with E-state index in [4.69, 9.17) is 9.47 Å². The quantitative estimate of drug-likeness (QED) is 0.336. The van der Waals surface area contributed by atoms with Gasteiger partial charge in [0.15, 0.2) is 0 Å². The predicted molar refractivity (Wildman–Crippen MR) is 150 cm³/mol. The van der Waals surface area contributed by atoms with Gasteiger partial charge in [0.25, 0.3) is 0 Å². The third kappa shape index (κ3) is 5.79. The summed E-state index contributed by atoms with van der Waals surface area (Å²) in [6.45, 7) is 4.26. The molecule has 0 radical (unpaired) electrons. The summed E-state index contributed by atoms with van der Waals surface area (Å²) < 4.78 is 67.7. The number of nitrogens with zero attached hydrogens (tertiary/aromatic N) is 4. The smallest absolute Gasteiger partial charge is 0.416 e. The SMILES string of the molecule is CCOc1cccc(N2CCN(C3=Nc4c(F)cccc4C(CC(=O)O)N3c3cc(C(F)(F)F)ccc3OC)CC2)c1. The van der Waals surface area contributed by atoms with Gasteiger partial charge in [0.1, 0.15) is 23.0 Å². The largest absolute Gasteiger partial charge is 0.495 e. The zero-order valence-electron chi connectivity index (χ0n) is 23.1. The monoisotopic (exact) mass is 586 g/mol. The molecule has 222 valence electrons. The summed E-state index contributed by atoms with van der Waals surface area (Å²) in [5.74, 6) is -0.870. The van der Waals surface area contributed by atoms with Gasteiger partial charge in [-0.05, 0) is 43.3 Å². The minimum Gasteiger partial charge on any atom is -0.495 e. The number of ether oxygens (including phenoxy) is 2. The number of aliphatic carboxylic acids is 1. The second kappa shape index (κ2) is 11.8. The highest BCUT2D eigenvalue weighted by atomic mass is 19.4. The van der Waals surface area contributed by atoms with Crippen molar-refractivity contribution in [3.63, 3.8) is 0 Å². The number of para-hydroxylation sites is 1. The van der Waals surface area contributed by atoms with Crippen LogP contribution in [0, 0.1) is 5.82 Å². The number of fused-ring (bicyclic) bond motifs is 1. The molecular weight excluding hydrogens is 556 g/mol. The Labute approximate surface area is 240 Å². The van der Waals surface area contributed by atoms with Crippen molar-refractivity contribution in [2.75, 3.05) is 49.7 Å². The summed E-state index contributed by atoms with van der Waals surface area (Å²) in [5, 5.41) is 9.85. The number of aliphatic imine (C=N–C) groups is 1. The summed E-state index contributed by atoms with van der Waals surface area (Å²) in [4.78, 5) is 22.1. The van der Waals surface area contributed by atoms with E-state index in [1.807, 2.05) is 36.1 Å². The molecule has 3 aromatic rings. The lowest BCUT2D eigenvalue weighted by atomic mass is 9.96. The molecule has 0 saturated carbocycles. The molecule has 0 aromatic heterocycles. The van der Waals surface area contributed by atoms with Crippen molar-refractivity contribution in [1.82, 2.24) is 4.90 Å². The number of rotatable bonds is 7. The van der Waals surface area contributed by atoms with E-state index in [-0.39, 0.29) is 28.6 Å². The average molecular weight is 587 g/mol. The van der Waals surface area contributed by atoms with Crippen LogP contribution in [0.3, 0.4) is 0 Å². The summed E-state index contributed by atoms with van der Waals surface area (Å²) in [5.41, 5.74) is 0.220. The van der Waals surface area contributed by atoms with Crippen molar-refractivity contribution in [3.8, 4) is 11.5 Å². The highest BCUT2D eigenvalue weighted by Gasteiger charge is 2.40. The molecule has 0 aliphatic carbocycles. The number of carboxylic acids is 1. The van der Waals surface area contributed by atoms with Crippen LogP contribution in [0.4, 0.5) is 34.6 Å². The second-order valence-electron chi connectivity index (χ2n) is 9.86. The van der Waals surface area contributed by atoms with Crippen LogP contribution in [0.2, 0.25) is 0 Å². The van der Waals surface area contributed by atoms with Crippen LogP contribution in [-0.4, -0.2) is 61.8 Å². The van der Waals surface area contributed by atoms with Crippen LogP contribution in [0.5, 0.6) is 11.5 Å². The van der Waals surface area contributed by atoms with Crippen molar-refractivity contribution in [3.05, 3.63) is 77.6 Å². The fourth-order valence-electron chi connectivity index (χ4n) is 5.37. The number of hydrogen-bond acceptors (Lipinski definition) is 7. The van der Waals surface area contributed by atoms with Gasteiger partial charge in [0.2, 0.25) is 5.96 Å². The van der Waals surface area contributed by atoms with Gasteiger partial charge in [0.05, 0.1) is 37.4 Å². The summed E-state index contributed by atoms with van der Waals surface area (Å²) in [6.07, 6.45) is -5.18. The molecule has 42 heavy (non-hydrogen) atoms. The minimum absolute atomic E-state index is 0.0147. The highest BCUT2D eigenvalue weighted by molar-refractivity contribution is 6.02. The standard InChI is InChI=1S/C30H30F4N4O4/c1-3-42-21-7-4-6-20(17-21)36-12-14-37(15-13-36)29-35-28-22(8-5-9-23(28)31)24(18-27(39)40)38(29)25-16-19(30(32,33)34)10-11-26(25)41-2/h4-11,16-17,24H,3,12-15,18H2,1-2H3,(H,39,40). The van der Waals surface area contributed by atoms with Crippen LogP contribution < -0.4 is 19.3 Å². The fourth-order valence-corrected chi connectivity index (χ4v) is 5.37. The molecule has 0 amide bonds. The Morgan fingerprint density at radius 3 is 2.40 bits per heavy atom. The average Bonchev–Trinajstić information content (AvgIpc) is 2.97. The first-order chi connectivity index (χ1) is 20.1. The number of alkyl halides is 3. The molecule has 1 N–H and O–H groups in total. The first-order valence-electron chi connectivity index (χ1n) is 13.5. The van der Waals surface area contributed by atoms with Crippen LogP contribution >= 0.6 is 0 Å². The maximum absolute atomic E-state index is 15.1. The Balaban J connectivity index is 1.58. The number of guanidine groups is 1. The van der Waals surface area contributed by atoms with Crippen molar-refractivity contribution in [2.45, 2.75) is 25.6 Å². The third-order valence-electron chi connectivity index (χ3n) is 7.31. The van der Waals surface area contributed by atoms with Crippen LogP contribution in [0.1, 0.15) is 30.5 Å². The maximum atomic E-state index is 15.1. The predicted octanol–water partition coefficient (Wildman–Crippen LogP) is 6.10. The van der Waals surface area contributed by atoms with Gasteiger partial charge in [-0.3, -0.25) is 4.79 Å². The topological polar surface area (TPSA) is 77.8 Å². The molecule has 2 aliphatic rings. The van der Waals surface area contributed by atoms with E-state index >= 15 is 4.39 Å². The number of hydrogen-bond donors (Lipinski definition) is 1. The molecule has 0 spiro atoms. The number of halogens is 4. The lowest BCUT2D eigenvalue weighted by Gasteiger charge is -2.45.